The van der Waals surface area contributed by atoms with Gasteiger partial charge in [-0.05, 0) is 49.3 Å². The van der Waals surface area contributed by atoms with E-state index in [9.17, 15) is 0 Å². The number of allylic oxidation sites excluding steroid dienone is 1. The van der Waals surface area contributed by atoms with E-state index in [1.54, 1.807) is 0 Å². The lowest BCUT2D eigenvalue weighted by atomic mass is 9.94. The summed E-state index contributed by atoms with van der Waals surface area (Å²) < 4.78 is 6.23. The number of rotatable bonds is 3. The van der Waals surface area contributed by atoms with Gasteiger partial charge >= 0.3 is 0 Å². The van der Waals surface area contributed by atoms with Gasteiger partial charge in [-0.3, -0.25) is 0 Å². The van der Waals surface area contributed by atoms with E-state index >= 15 is 0 Å². The first-order valence-corrected chi connectivity index (χ1v) is 8.29. The van der Waals surface area contributed by atoms with E-state index in [0.717, 1.165) is 17.7 Å². The molecule has 0 aromatic rings. The lowest BCUT2D eigenvalue weighted by Crippen LogP contribution is -2.36. The highest BCUT2D eigenvalue weighted by atomic mass is 127. The molecule has 1 saturated carbocycles. The number of halogens is 1. The zero-order chi connectivity index (χ0) is 11.5. The van der Waals surface area contributed by atoms with E-state index in [2.05, 4.69) is 41.3 Å². The highest BCUT2D eigenvalue weighted by molar-refractivity contribution is 14.1. The van der Waals surface area contributed by atoms with Crippen LogP contribution in [-0.2, 0) is 4.74 Å². The first-order chi connectivity index (χ1) is 7.74. The Morgan fingerprint density at radius 2 is 2.06 bits per heavy atom. The highest BCUT2D eigenvalue weighted by Crippen LogP contribution is 2.45. The van der Waals surface area contributed by atoms with Crippen LogP contribution in [0.25, 0.3) is 0 Å². The summed E-state index contributed by atoms with van der Waals surface area (Å²) in [6, 6.07) is 0.751. The second-order valence-corrected chi connectivity index (χ2v) is 7.49. The number of alkyl halides is 1. The molecule has 16 heavy (non-hydrogen) atoms. The van der Waals surface area contributed by atoms with Gasteiger partial charge in [-0.2, -0.15) is 0 Å². The van der Waals surface area contributed by atoms with Crippen molar-refractivity contribution in [3.8, 4) is 0 Å². The molecule has 1 heterocycles. The molecule has 4 heteroatoms. The zero-order valence-corrected chi connectivity index (χ0v) is 13.0. The van der Waals surface area contributed by atoms with Gasteiger partial charge in [-0.1, -0.05) is 31.0 Å². The van der Waals surface area contributed by atoms with E-state index in [-0.39, 0.29) is 0 Å². The average molecular weight is 353 g/mol. The second kappa shape index (κ2) is 5.85. The third-order valence-corrected chi connectivity index (χ3v) is 5.76. The SMILES string of the molecule is CCOC1=C(C)N(C2CCCCC2)C(I)S1. The standard InChI is InChI=1S/C12H20INOS/c1-3-15-11-9(2)14(12(13)16-11)10-7-5-4-6-8-10/h10,12H,3-8H2,1-2H3. The first kappa shape index (κ1) is 12.9. The Labute approximate surface area is 116 Å². The van der Waals surface area contributed by atoms with Crippen LogP contribution in [0.4, 0.5) is 0 Å². The average Bonchev–Trinajstić information content (AvgIpc) is 2.56. The molecule has 0 N–H and O–H groups in total. The van der Waals surface area contributed by atoms with E-state index in [0.29, 0.717) is 3.38 Å². The summed E-state index contributed by atoms with van der Waals surface area (Å²) in [5.74, 6) is 0. The largest absolute Gasteiger partial charge is 0.486 e. The molecule has 0 radical (unpaired) electrons. The smallest absolute Gasteiger partial charge is 0.174 e. The van der Waals surface area contributed by atoms with Crippen LogP contribution < -0.4 is 0 Å². The molecule has 92 valence electrons. The molecule has 0 amide bonds. The lowest BCUT2D eigenvalue weighted by molar-refractivity contribution is 0.207. The van der Waals surface area contributed by atoms with Crippen LogP contribution in [0.15, 0.2) is 10.8 Å². The molecular formula is C12H20INOS. The Bertz CT molecular complexity index is 276. The van der Waals surface area contributed by atoms with Crippen molar-refractivity contribution in [2.24, 2.45) is 0 Å². The maximum Gasteiger partial charge on any atom is 0.174 e. The third-order valence-electron chi connectivity index (χ3n) is 3.35. The number of hydrogen-bond acceptors (Lipinski definition) is 3. The first-order valence-electron chi connectivity index (χ1n) is 6.16. The maximum atomic E-state index is 5.70. The van der Waals surface area contributed by atoms with Crippen molar-refractivity contribution in [3.63, 3.8) is 0 Å². The summed E-state index contributed by atoms with van der Waals surface area (Å²) >= 11 is 4.40. The normalized spacial score (nSPS) is 27.7. The minimum absolute atomic E-state index is 0.530. The van der Waals surface area contributed by atoms with E-state index in [1.165, 1.54) is 37.8 Å². The van der Waals surface area contributed by atoms with Crippen LogP contribution in [0.5, 0.6) is 0 Å². The molecule has 0 bridgehead atoms. The van der Waals surface area contributed by atoms with E-state index in [1.807, 2.05) is 11.8 Å². The maximum absolute atomic E-state index is 5.70. The monoisotopic (exact) mass is 353 g/mol. The number of ether oxygens (including phenoxy) is 1. The Morgan fingerprint density at radius 1 is 1.38 bits per heavy atom. The van der Waals surface area contributed by atoms with E-state index in [4.69, 9.17) is 4.74 Å². The summed E-state index contributed by atoms with van der Waals surface area (Å²) in [5.41, 5.74) is 1.36. The van der Waals surface area contributed by atoms with Gasteiger partial charge in [0.15, 0.2) is 5.09 Å². The van der Waals surface area contributed by atoms with Gasteiger partial charge in [-0.25, -0.2) is 0 Å². The van der Waals surface area contributed by atoms with Crippen LogP contribution in [-0.4, -0.2) is 20.9 Å². The van der Waals surface area contributed by atoms with Gasteiger partial charge in [0.1, 0.15) is 3.38 Å². The Hall–Kier alpha value is 0.420. The molecule has 0 aromatic carbocycles. The highest BCUT2D eigenvalue weighted by Gasteiger charge is 2.34. The number of hydrogen-bond donors (Lipinski definition) is 0. The van der Waals surface area contributed by atoms with Gasteiger partial charge in [0.05, 0.1) is 12.3 Å². The molecule has 2 nitrogen and oxygen atoms in total. The van der Waals surface area contributed by atoms with E-state index < -0.39 is 0 Å². The van der Waals surface area contributed by atoms with Gasteiger partial charge in [0, 0.05) is 6.04 Å². The summed E-state index contributed by atoms with van der Waals surface area (Å²) in [4.78, 5) is 2.58. The van der Waals surface area contributed by atoms with Gasteiger partial charge in [-0.15, -0.1) is 0 Å². The third kappa shape index (κ3) is 2.63. The van der Waals surface area contributed by atoms with Crippen LogP contribution in [0, 0.1) is 0 Å². The van der Waals surface area contributed by atoms with Crippen molar-refractivity contribution in [2.75, 3.05) is 6.61 Å². The Balaban J connectivity index is 2.07. The number of nitrogens with zero attached hydrogens (tertiary/aromatic N) is 1. The zero-order valence-electron chi connectivity index (χ0n) is 10.0. The molecule has 0 aromatic heterocycles. The predicted molar refractivity (Wildman–Crippen MR) is 78.4 cm³/mol. The topological polar surface area (TPSA) is 12.5 Å². The molecule has 1 fully saturated rings. The van der Waals surface area contributed by atoms with Gasteiger partial charge < -0.3 is 9.64 Å². The Kier molecular flexibility index (Phi) is 4.70. The molecule has 1 atom stereocenters. The number of thioether (sulfide) groups is 1. The minimum atomic E-state index is 0.530. The lowest BCUT2D eigenvalue weighted by Gasteiger charge is -2.35. The van der Waals surface area contributed by atoms with Crippen molar-refractivity contribution in [1.82, 2.24) is 4.90 Å². The van der Waals surface area contributed by atoms with Crippen molar-refractivity contribution >= 4 is 34.4 Å². The molecule has 0 saturated heterocycles. The fourth-order valence-corrected chi connectivity index (χ4v) is 5.20. The van der Waals surface area contributed by atoms with Crippen molar-refractivity contribution < 1.29 is 4.74 Å². The summed E-state index contributed by atoms with van der Waals surface area (Å²) in [6.07, 6.45) is 6.93. The molecule has 1 aliphatic carbocycles. The summed E-state index contributed by atoms with van der Waals surface area (Å²) in [5, 5.41) is 1.15. The predicted octanol–water partition coefficient (Wildman–Crippen LogP) is 4.31. The summed E-state index contributed by atoms with van der Waals surface area (Å²) in [7, 11) is 0. The fraction of sp³-hybridized carbons (Fsp3) is 0.833. The van der Waals surface area contributed by atoms with Crippen LogP contribution in [0.1, 0.15) is 46.0 Å². The van der Waals surface area contributed by atoms with Crippen LogP contribution in [0.3, 0.4) is 0 Å². The van der Waals surface area contributed by atoms with Crippen molar-refractivity contribution in [1.29, 1.82) is 0 Å². The van der Waals surface area contributed by atoms with Crippen molar-refractivity contribution in [3.05, 3.63) is 10.8 Å². The van der Waals surface area contributed by atoms with Crippen LogP contribution >= 0.6 is 34.4 Å². The summed E-state index contributed by atoms with van der Waals surface area (Å²) in [6.45, 7) is 5.05. The second-order valence-electron chi connectivity index (χ2n) is 4.41. The molecular weight excluding hydrogens is 333 g/mol. The Morgan fingerprint density at radius 3 is 2.69 bits per heavy atom. The van der Waals surface area contributed by atoms with Crippen molar-refractivity contribution in [2.45, 2.75) is 55.4 Å². The fourth-order valence-electron chi connectivity index (χ4n) is 2.56. The van der Waals surface area contributed by atoms with Gasteiger partial charge in [0.2, 0.25) is 0 Å². The molecule has 1 aliphatic heterocycles. The molecule has 1 unspecified atom stereocenters. The van der Waals surface area contributed by atoms with Crippen LogP contribution in [0.2, 0.25) is 0 Å². The quantitative estimate of drug-likeness (QED) is 0.426. The van der Waals surface area contributed by atoms with Gasteiger partial charge in [0.25, 0.3) is 0 Å². The molecule has 2 aliphatic rings. The molecule has 2 rings (SSSR count). The minimum Gasteiger partial charge on any atom is -0.486 e. The molecule has 0 spiro atoms.